The maximum Gasteiger partial charge on any atom is 0.222 e. The number of halogens is 1. The van der Waals surface area contributed by atoms with Crippen LogP contribution in [0.3, 0.4) is 0 Å². The number of nitrogens with two attached hydrogens (primary N) is 2. The summed E-state index contributed by atoms with van der Waals surface area (Å²) < 4.78 is 6.06. The van der Waals surface area contributed by atoms with Crippen LogP contribution >= 0.6 is 11.6 Å². The second-order valence-electron chi connectivity index (χ2n) is 7.20. The number of anilines is 2. The van der Waals surface area contributed by atoms with Gasteiger partial charge in [-0.25, -0.2) is 4.98 Å². The van der Waals surface area contributed by atoms with Crippen molar-refractivity contribution in [3.8, 4) is 5.75 Å². The minimum absolute atomic E-state index is 0.188. The van der Waals surface area contributed by atoms with Crippen molar-refractivity contribution >= 4 is 23.4 Å². The minimum atomic E-state index is 0.188. The second kappa shape index (κ2) is 7.29. The van der Waals surface area contributed by atoms with Crippen molar-refractivity contribution in [2.45, 2.75) is 43.7 Å². The molecule has 0 atom stereocenters. The van der Waals surface area contributed by atoms with E-state index in [0.29, 0.717) is 22.9 Å². The fourth-order valence-corrected chi connectivity index (χ4v) is 3.86. The predicted octanol–water partition coefficient (Wildman–Crippen LogP) is 2.96. The number of ether oxygens (including phenoxy) is 1. The van der Waals surface area contributed by atoms with Crippen LogP contribution in [0.25, 0.3) is 0 Å². The number of piperidine rings is 1. The van der Waals surface area contributed by atoms with Gasteiger partial charge in [-0.1, -0.05) is 17.7 Å². The van der Waals surface area contributed by atoms with Crippen molar-refractivity contribution in [2.75, 3.05) is 23.7 Å². The zero-order valence-electron chi connectivity index (χ0n) is 14.6. The number of benzene rings is 1. The fourth-order valence-electron chi connectivity index (χ4n) is 3.68. The molecule has 0 spiro atoms. The molecule has 2 aliphatic rings. The molecule has 0 radical (unpaired) electrons. The summed E-state index contributed by atoms with van der Waals surface area (Å²) in [6, 6.07) is 9.92. The molecular weight excluding hydrogens is 350 g/mol. The number of aromatic nitrogens is 2. The van der Waals surface area contributed by atoms with Crippen LogP contribution in [0.15, 0.2) is 30.3 Å². The lowest BCUT2D eigenvalue weighted by atomic mass is 9.78. The van der Waals surface area contributed by atoms with Crippen molar-refractivity contribution in [1.82, 2.24) is 9.97 Å². The Kier molecular flexibility index (Phi) is 4.87. The molecule has 1 aliphatic carbocycles. The molecule has 0 unspecified atom stereocenters. The quantitative estimate of drug-likeness (QED) is 0.856. The highest BCUT2D eigenvalue weighted by Crippen LogP contribution is 2.36. The lowest BCUT2D eigenvalue weighted by Crippen LogP contribution is -2.39. The molecular formula is C19H24ClN5O. The first-order valence-electron chi connectivity index (χ1n) is 9.14. The topological polar surface area (TPSA) is 90.3 Å². The van der Waals surface area contributed by atoms with Crippen molar-refractivity contribution in [3.63, 3.8) is 0 Å². The Balaban J connectivity index is 1.38. The van der Waals surface area contributed by atoms with Crippen molar-refractivity contribution < 1.29 is 4.74 Å². The number of nitrogens with zero attached hydrogens (tertiary/aromatic N) is 3. The van der Waals surface area contributed by atoms with E-state index in [0.717, 1.165) is 56.0 Å². The molecule has 2 heterocycles. The molecule has 2 fully saturated rings. The highest BCUT2D eigenvalue weighted by Gasteiger charge is 2.30. The van der Waals surface area contributed by atoms with Crippen LogP contribution < -0.4 is 21.1 Å². The zero-order chi connectivity index (χ0) is 18.1. The van der Waals surface area contributed by atoms with E-state index in [4.69, 9.17) is 27.8 Å². The van der Waals surface area contributed by atoms with Crippen LogP contribution in [0, 0.1) is 0 Å². The first-order valence-corrected chi connectivity index (χ1v) is 9.52. The summed E-state index contributed by atoms with van der Waals surface area (Å²) in [6.45, 7) is 1.76. The first-order chi connectivity index (χ1) is 12.6. The molecule has 7 heteroatoms. The van der Waals surface area contributed by atoms with Gasteiger partial charge in [-0.3, -0.25) is 0 Å². The van der Waals surface area contributed by atoms with E-state index in [1.54, 1.807) is 0 Å². The van der Waals surface area contributed by atoms with Crippen LogP contribution in [0.1, 0.15) is 37.3 Å². The summed E-state index contributed by atoms with van der Waals surface area (Å²) in [4.78, 5) is 11.1. The average molecular weight is 374 g/mol. The minimum Gasteiger partial charge on any atom is -0.490 e. The van der Waals surface area contributed by atoms with Gasteiger partial charge in [-0.2, -0.15) is 4.98 Å². The smallest absolute Gasteiger partial charge is 0.222 e. The Morgan fingerprint density at radius 2 is 1.88 bits per heavy atom. The zero-order valence-corrected chi connectivity index (χ0v) is 15.4. The van der Waals surface area contributed by atoms with Gasteiger partial charge in [0.25, 0.3) is 0 Å². The monoisotopic (exact) mass is 373 g/mol. The Hall–Kier alpha value is -2.05. The molecule has 138 valence electrons. The SMILES string of the molecule is Nc1nc(C2CC(N)C2)cc(N2CCC(Oc3cccc(Cl)c3)CC2)n1. The molecule has 1 aliphatic heterocycles. The highest BCUT2D eigenvalue weighted by molar-refractivity contribution is 6.30. The van der Waals surface area contributed by atoms with E-state index in [2.05, 4.69) is 20.9 Å². The van der Waals surface area contributed by atoms with Crippen LogP contribution in [0.4, 0.5) is 11.8 Å². The van der Waals surface area contributed by atoms with Crippen LogP contribution in [0.5, 0.6) is 5.75 Å². The Labute approximate surface area is 158 Å². The van der Waals surface area contributed by atoms with Gasteiger partial charge in [0.1, 0.15) is 17.7 Å². The van der Waals surface area contributed by atoms with Gasteiger partial charge in [-0.15, -0.1) is 0 Å². The van der Waals surface area contributed by atoms with Crippen LogP contribution in [-0.4, -0.2) is 35.2 Å². The van der Waals surface area contributed by atoms with Gasteiger partial charge in [-0.05, 0) is 31.0 Å². The largest absolute Gasteiger partial charge is 0.490 e. The van der Waals surface area contributed by atoms with Gasteiger partial charge in [0, 0.05) is 49.0 Å². The Morgan fingerprint density at radius 1 is 1.12 bits per heavy atom. The summed E-state index contributed by atoms with van der Waals surface area (Å²) in [7, 11) is 0. The lowest BCUT2D eigenvalue weighted by molar-refractivity contribution is 0.170. The molecule has 1 aromatic carbocycles. The van der Waals surface area contributed by atoms with E-state index in [1.807, 2.05) is 24.3 Å². The number of rotatable bonds is 4. The summed E-state index contributed by atoms with van der Waals surface area (Å²) in [5, 5.41) is 0.694. The molecule has 4 rings (SSSR count). The summed E-state index contributed by atoms with van der Waals surface area (Å²) in [6.07, 6.45) is 4.00. The molecule has 1 aromatic heterocycles. The van der Waals surface area contributed by atoms with Crippen molar-refractivity contribution in [3.05, 3.63) is 41.0 Å². The van der Waals surface area contributed by atoms with Gasteiger partial charge in [0.2, 0.25) is 5.95 Å². The molecule has 0 amide bonds. The molecule has 4 N–H and O–H groups in total. The second-order valence-corrected chi connectivity index (χ2v) is 7.64. The lowest BCUT2D eigenvalue weighted by Gasteiger charge is -2.35. The molecule has 6 nitrogen and oxygen atoms in total. The summed E-state index contributed by atoms with van der Waals surface area (Å²) >= 11 is 6.02. The third kappa shape index (κ3) is 3.86. The number of hydrogen-bond acceptors (Lipinski definition) is 6. The fraction of sp³-hybridized carbons (Fsp3) is 0.474. The predicted molar refractivity (Wildman–Crippen MR) is 104 cm³/mol. The van der Waals surface area contributed by atoms with E-state index in [1.165, 1.54) is 0 Å². The van der Waals surface area contributed by atoms with Crippen molar-refractivity contribution in [1.29, 1.82) is 0 Å². The molecule has 26 heavy (non-hydrogen) atoms. The molecule has 1 saturated carbocycles. The van der Waals surface area contributed by atoms with Crippen LogP contribution in [-0.2, 0) is 0 Å². The molecule has 0 bridgehead atoms. The molecule has 2 aromatic rings. The van der Waals surface area contributed by atoms with Gasteiger partial charge in [0.05, 0.1) is 5.69 Å². The van der Waals surface area contributed by atoms with Gasteiger partial charge in [0.15, 0.2) is 0 Å². The number of hydrogen-bond donors (Lipinski definition) is 2. The Morgan fingerprint density at radius 3 is 2.58 bits per heavy atom. The Bertz CT molecular complexity index is 772. The van der Waals surface area contributed by atoms with E-state index < -0.39 is 0 Å². The third-order valence-electron chi connectivity index (χ3n) is 5.21. The van der Waals surface area contributed by atoms with E-state index in [9.17, 15) is 0 Å². The van der Waals surface area contributed by atoms with Crippen molar-refractivity contribution in [2.24, 2.45) is 5.73 Å². The summed E-state index contributed by atoms with van der Waals surface area (Å²) in [5.41, 5.74) is 12.9. The maximum atomic E-state index is 6.06. The summed E-state index contributed by atoms with van der Waals surface area (Å²) in [5.74, 6) is 2.49. The molecule has 1 saturated heterocycles. The average Bonchev–Trinajstić information content (AvgIpc) is 2.59. The standard InChI is InChI=1S/C19H24ClN5O/c20-13-2-1-3-16(10-13)26-15-4-6-25(7-5-15)18-11-17(23-19(22)24-18)12-8-14(21)9-12/h1-3,10-12,14-15H,4-9,21H2,(H2,22,23,24). The normalized spacial score (nSPS) is 23.5. The van der Waals surface area contributed by atoms with E-state index >= 15 is 0 Å². The third-order valence-corrected chi connectivity index (χ3v) is 5.44. The van der Waals surface area contributed by atoms with E-state index in [-0.39, 0.29) is 6.10 Å². The van der Waals surface area contributed by atoms with Crippen LogP contribution in [0.2, 0.25) is 5.02 Å². The maximum absolute atomic E-state index is 6.06. The number of nitrogen functional groups attached to an aromatic ring is 1. The van der Waals surface area contributed by atoms with Gasteiger partial charge < -0.3 is 21.1 Å². The van der Waals surface area contributed by atoms with Gasteiger partial charge >= 0.3 is 0 Å². The highest BCUT2D eigenvalue weighted by atomic mass is 35.5. The first kappa shape index (κ1) is 17.4.